The summed E-state index contributed by atoms with van der Waals surface area (Å²) in [5.74, 6) is 3.83. The lowest BCUT2D eigenvalue weighted by Gasteiger charge is -2.26. The first-order valence-electron chi connectivity index (χ1n) is 4.76. The molecule has 1 nitrogen and oxygen atoms in total. The molecule has 0 saturated heterocycles. The van der Waals surface area contributed by atoms with E-state index in [2.05, 4.69) is 18.2 Å². The molecule has 0 radical (unpaired) electrons. The van der Waals surface area contributed by atoms with Crippen molar-refractivity contribution in [2.24, 2.45) is 11.8 Å². The third kappa shape index (κ3) is 0.381. The summed E-state index contributed by atoms with van der Waals surface area (Å²) in [6.45, 7) is 0. The standard InChI is InChI=1S/C11H11N/c12-8-3-1-2-5-6-4-7-9(6)11(7)10(5)8/h1-3,6-7,9,11H,4,12H2. The van der Waals surface area contributed by atoms with Gasteiger partial charge < -0.3 is 5.73 Å². The van der Waals surface area contributed by atoms with Crippen LogP contribution in [-0.4, -0.2) is 0 Å². The van der Waals surface area contributed by atoms with E-state index in [1.807, 2.05) is 0 Å². The number of nitrogen functional groups attached to an aromatic ring is 1. The molecular formula is C11H11N. The van der Waals surface area contributed by atoms with Crippen molar-refractivity contribution in [1.29, 1.82) is 0 Å². The lowest BCUT2D eigenvalue weighted by atomic mass is 9.78. The monoisotopic (exact) mass is 157 g/mol. The Labute approximate surface area is 71.6 Å². The maximum Gasteiger partial charge on any atom is 0.0352 e. The van der Waals surface area contributed by atoms with Gasteiger partial charge in [-0.05, 0) is 47.3 Å². The van der Waals surface area contributed by atoms with Crippen LogP contribution in [0.15, 0.2) is 18.2 Å². The van der Waals surface area contributed by atoms with Crippen LogP contribution < -0.4 is 5.73 Å². The average molecular weight is 157 g/mol. The van der Waals surface area contributed by atoms with E-state index in [0.717, 1.165) is 29.4 Å². The molecule has 12 heavy (non-hydrogen) atoms. The molecule has 3 aliphatic rings. The van der Waals surface area contributed by atoms with Crippen LogP contribution in [0, 0.1) is 11.8 Å². The summed E-state index contributed by atoms with van der Waals surface area (Å²) in [5, 5.41) is 0. The highest BCUT2D eigenvalue weighted by Crippen LogP contribution is 2.79. The van der Waals surface area contributed by atoms with Crippen LogP contribution in [0.2, 0.25) is 0 Å². The maximum atomic E-state index is 5.97. The van der Waals surface area contributed by atoms with Crippen LogP contribution in [0.25, 0.3) is 0 Å². The predicted molar refractivity (Wildman–Crippen MR) is 47.9 cm³/mol. The zero-order valence-corrected chi connectivity index (χ0v) is 6.83. The highest BCUT2D eigenvalue weighted by atomic mass is 14.7. The zero-order chi connectivity index (χ0) is 7.87. The summed E-state index contributed by atoms with van der Waals surface area (Å²) in [5.41, 5.74) is 10.1. The van der Waals surface area contributed by atoms with Crippen molar-refractivity contribution in [1.82, 2.24) is 0 Å². The van der Waals surface area contributed by atoms with Crippen molar-refractivity contribution < 1.29 is 0 Å². The second-order valence-electron chi connectivity index (χ2n) is 4.46. The van der Waals surface area contributed by atoms with Crippen molar-refractivity contribution in [2.75, 3.05) is 5.73 Å². The van der Waals surface area contributed by atoms with E-state index in [4.69, 9.17) is 5.73 Å². The van der Waals surface area contributed by atoms with Crippen LogP contribution in [0.5, 0.6) is 0 Å². The van der Waals surface area contributed by atoms with E-state index < -0.39 is 0 Å². The summed E-state index contributed by atoms with van der Waals surface area (Å²) in [4.78, 5) is 0. The fraction of sp³-hybridized carbons (Fsp3) is 0.455. The number of hydrogen-bond acceptors (Lipinski definition) is 1. The van der Waals surface area contributed by atoms with E-state index in [9.17, 15) is 0 Å². The molecule has 2 N–H and O–H groups in total. The number of anilines is 1. The minimum absolute atomic E-state index is 0.881. The molecule has 1 aromatic rings. The molecule has 1 heteroatoms. The quantitative estimate of drug-likeness (QED) is 0.573. The van der Waals surface area contributed by atoms with Crippen LogP contribution in [0.1, 0.15) is 29.4 Å². The molecule has 0 bridgehead atoms. The van der Waals surface area contributed by atoms with Crippen LogP contribution in [-0.2, 0) is 0 Å². The van der Waals surface area contributed by atoms with Gasteiger partial charge in [-0.25, -0.2) is 0 Å². The smallest absolute Gasteiger partial charge is 0.0352 e. The SMILES string of the molecule is Nc1cccc2c1C1C3CC2C31. The Morgan fingerprint density at radius 3 is 3.08 bits per heavy atom. The van der Waals surface area contributed by atoms with Crippen LogP contribution in [0.4, 0.5) is 5.69 Å². The molecule has 0 heterocycles. The molecule has 0 spiro atoms. The number of hydrogen-bond donors (Lipinski definition) is 1. The third-order valence-corrected chi connectivity index (χ3v) is 4.13. The Kier molecular flexibility index (Phi) is 0.663. The first-order chi connectivity index (χ1) is 5.88. The summed E-state index contributed by atoms with van der Waals surface area (Å²) >= 11 is 0. The number of rotatable bonds is 0. The summed E-state index contributed by atoms with van der Waals surface area (Å²) in [7, 11) is 0. The molecule has 1 aromatic carbocycles. The number of benzene rings is 1. The molecule has 4 atom stereocenters. The first-order valence-corrected chi connectivity index (χ1v) is 4.76. The van der Waals surface area contributed by atoms with Gasteiger partial charge >= 0.3 is 0 Å². The van der Waals surface area contributed by atoms with Gasteiger partial charge in [-0.2, -0.15) is 0 Å². The van der Waals surface area contributed by atoms with Gasteiger partial charge in [0.2, 0.25) is 0 Å². The molecular weight excluding hydrogens is 146 g/mol. The summed E-state index contributed by atoms with van der Waals surface area (Å²) < 4.78 is 0. The maximum absolute atomic E-state index is 5.97. The fourth-order valence-corrected chi connectivity index (χ4v) is 3.56. The van der Waals surface area contributed by atoms with E-state index in [1.165, 1.54) is 12.0 Å². The van der Waals surface area contributed by atoms with Gasteiger partial charge in [0.05, 0.1) is 0 Å². The minimum atomic E-state index is 0.881. The van der Waals surface area contributed by atoms with Crippen molar-refractivity contribution >= 4 is 5.69 Å². The Morgan fingerprint density at radius 2 is 2.25 bits per heavy atom. The van der Waals surface area contributed by atoms with Crippen LogP contribution >= 0.6 is 0 Å². The highest BCUT2D eigenvalue weighted by Gasteiger charge is 2.69. The Hall–Kier alpha value is -0.980. The average Bonchev–Trinajstić information content (AvgIpc) is 2.47. The van der Waals surface area contributed by atoms with Gasteiger partial charge in [0.25, 0.3) is 0 Å². The van der Waals surface area contributed by atoms with Gasteiger partial charge in [-0.15, -0.1) is 0 Å². The molecule has 60 valence electrons. The van der Waals surface area contributed by atoms with Crippen molar-refractivity contribution in [3.8, 4) is 0 Å². The van der Waals surface area contributed by atoms with Crippen LogP contribution in [0.3, 0.4) is 0 Å². The Balaban J connectivity index is 2.06. The van der Waals surface area contributed by atoms with Crippen molar-refractivity contribution in [3.63, 3.8) is 0 Å². The molecule has 4 unspecified atom stereocenters. The highest BCUT2D eigenvalue weighted by molar-refractivity contribution is 5.63. The summed E-state index contributed by atoms with van der Waals surface area (Å²) in [6, 6.07) is 6.43. The minimum Gasteiger partial charge on any atom is -0.398 e. The lowest BCUT2D eigenvalue weighted by molar-refractivity contribution is 0.388. The first kappa shape index (κ1) is 5.63. The van der Waals surface area contributed by atoms with E-state index in [-0.39, 0.29) is 0 Å². The number of nitrogens with two attached hydrogens (primary N) is 1. The second kappa shape index (κ2) is 1.41. The fourth-order valence-electron chi connectivity index (χ4n) is 3.56. The van der Waals surface area contributed by atoms with E-state index in [1.54, 1.807) is 5.56 Å². The third-order valence-electron chi connectivity index (χ3n) is 4.13. The normalized spacial score (nSPS) is 44.7. The molecule has 4 rings (SSSR count). The van der Waals surface area contributed by atoms with Gasteiger partial charge in [0, 0.05) is 5.69 Å². The summed E-state index contributed by atoms with van der Waals surface area (Å²) in [6.07, 6.45) is 1.45. The van der Waals surface area contributed by atoms with Gasteiger partial charge in [-0.1, -0.05) is 12.1 Å². The topological polar surface area (TPSA) is 26.0 Å². The Morgan fingerprint density at radius 1 is 1.33 bits per heavy atom. The van der Waals surface area contributed by atoms with Crippen molar-refractivity contribution in [2.45, 2.75) is 18.3 Å². The van der Waals surface area contributed by atoms with Gasteiger partial charge in [-0.3, -0.25) is 0 Å². The van der Waals surface area contributed by atoms with E-state index >= 15 is 0 Å². The second-order valence-corrected chi connectivity index (χ2v) is 4.46. The van der Waals surface area contributed by atoms with Gasteiger partial charge in [0.1, 0.15) is 0 Å². The molecule has 3 aliphatic carbocycles. The molecule has 2 saturated carbocycles. The van der Waals surface area contributed by atoms with Crippen molar-refractivity contribution in [3.05, 3.63) is 29.3 Å². The zero-order valence-electron chi connectivity index (χ0n) is 6.83. The molecule has 0 aromatic heterocycles. The molecule has 0 amide bonds. The van der Waals surface area contributed by atoms with Gasteiger partial charge in [0.15, 0.2) is 0 Å². The Bertz CT molecular complexity index is 383. The largest absolute Gasteiger partial charge is 0.398 e. The molecule has 0 aliphatic heterocycles. The number of fused-ring (bicyclic) bond motifs is 4. The molecule has 2 fully saturated rings. The van der Waals surface area contributed by atoms with E-state index in [0.29, 0.717) is 0 Å². The lowest BCUT2D eigenvalue weighted by Crippen LogP contribution is -2.14. The predicted octanol–water partition coefficient (Wildman–Crippen LogP) is 2.10.